The number of hydrogen-bond donors (Lipinski definition) is 1. The number of para-hydroxylation sites is 1. The van der Waals surface area contributed by atoms with Crippen LogP contribution in [0, 0.1) is 0 Å². The second-order valence-electron chi connectivity index (χ2n) is 4.25. The predicted molar refractivity (Wildman–Crippen MR) is 72.7 cm³/mol. The number of esters is 1. The van der Waals surface area contributed by atoms with Crippen molar-refractivity contribution in [1.82, 2.24) is 0 Å². The molecule has 0 amide bonds. The molecule has 0 unspecified atom stereocenters. The predicted octanol–water partition coefficient (Wildman–Crippen LogP) is 2.61. The van der Waals surface area contributed by atoms with Gasteiger partial charge in [0.2, 0.25) is 0 Å². The maximum Gasteiger partial charge on any atom is 0.330 e. The Balaban J connectivity index is 2.35. The first-order valence-electron chi connectivity index (χ1n) is 6.20. The first-order chi connectivity index (χ1) is 9.54. The maximum atomic E-state index is 11.6. The average molecular weight is 276 g/mol. The third-order valence-corrected chi connectivity index (χ3v) is 2.68. The molecule has 1 aromatic carbocycles. The van der Waals surface area contributed by atoms with Crippen LogP contribution in [0.2, 0.25) is 0 Å². The van der Waals surface area contributed by atoms with Crippen molar-refractivity contribution < 1.29 is 24.2 Å². The fourth-order valence-corrected chi connectivity index (χ4v) is 1.56. The molecule has 1 N–H and O–H groups in total. The molecule has 1 aromatic rings. The molecule has 0 fully saturated rings. The summed E-state index contributed by atoms with van der Waals surface area (Å²) in [6.45, 7) is 3.41. The smallest absolute Gasteiger partial charge is 0.330 e. The fourth-order valence-electron chi connectivity index (χ4n) is 1.56. The van der Waals surface area contributed by atoms with Crippen LogP contribution in [-0.4, -0.2) is 23.3 Å². The van der Waals surface area contributed by atoms with E-state index in [1.165, 1.54) is 0 Å². The lowest BCUT2D eigenvalue weighted by Gasteiger charge is -2.06. The Hall–Kier alpha value is -2.43. The lowest BCUT2D eigenvalue weighted by Crippen LogP contribution is -2.09. The maximum absolute atomic E-state index is 11.6. The van der Waals surface area contributed by atoms with E-state index in [1.54, 1.807) is 24.3 Å². The average Bonchev–Trinajstić information content (AvgIpc) is 2.43. The van der Waals surface area contributed by atoms with Crippen LogP contribution in [0.25, 0.3) is 0 Å². The number of carboxylic acids is 1. The minimum absolute atomic E-state index is 0.129. The number of unbranched alkanes of at least 4 members (excludes halogenated alkanes) is 1. The molecule has 0 heterocycles. The van der Waals surface area contributed by atoms with Gasteiger partial charge in [0.15, 0.2) is 6.29 Å². The summed E-state index contributed by atoms with van der Waals surface area (Å²) in [4.78, 5) is 32.8. The Morgan fingerprint density at radius 2 is 1.85 bits per heavy atom. The number of aldehydes is 1. The zero-order valence-corrected chi connectivity index (χ0v) is 11.0. The van der Waals surface area contributed by atoms with Gasteiger partial charge in [-0.25, -0.2) is 4.79 Å². The Morgan fingerprint density at radius 1 is 1.20 bits per heavy atom. The van der Waals surface area contributed by atoms with E-state index in [1.807, 2.05) is 0 Å². The third kappa shape index (κ3) is 5.06. The van der Waals surface area contributed by atoms with Crippen molar-refractivity contribution in [3.63, 3.8) is 0 Å². The summed E-state index contributed by atoms with van der Waals surface area (Å²) in [5, 5.41) is 8.62. The molecule has 0 aromatic heterocycles. The number of rotatable bonds is 8. The Morgan fingerprint density at radius 3 is 2.50 bits per heavy atom. The van der Waals surface area contributed by atoms with Crippen LogP contribution >= 0.6 is 0 Å². The molecular weight excluding hydrogens is 260 g/mol. The number of carbonyl (C=O) groups excluding carboxylic acids is 2. The van der Waals surface area contributed by atoms with Crippen LogP contribution in [0.15, 0.2) is 36.4 Å². The molecule has 20 heavy (non-hydrogen) atoms. The van der Waals surface area contributed by atoms with Gasteiger partial charge in [0.05, 0.1) is 5.56 Å². The van der Waals surface area contributed by atoms with Gasteiger partial charge in [-0.15, -0.1) is 0 Å². The van der Waals surface area contributed by atoms with Crippen molar-refractivity contribution in [2.45, 2.75) is 25.7 Å². The van der Waals surface area contributed by atoms with E-state index in [4.69, 9.17) is 9.84 Å². The van der Waals surface area contributed by atoms with Crippen LogP contribution in [0.3, 0.4) is 0 Å². The van der Waals surface area contributed by atoms with E-state index in [9.17, 15) is 14.4 Å². The molecule has 1 rings (SSSR count). The molecule has 0 spiro atoms. The lowest BCUT2D eigenvalue weighted by atomic mass is 10.1. The summed E-state index contributed by atoms with van der Waals surface area (Å²) in [7, 11) is 0. The summed E-state index contributed by atoms with van der Waals surface area (Å²) in [5.41, 5.74) is 0.449. The molecule has 5 heteroatoms. The molecule has 106 valence electrons. The molecule has 0 aliphatic rings. The molecule has 0 atom stereocenters. The molecule has 0 aliphatic heterocycles. The fraction of sp³-hybridized carbons (Fsp3) is 0.267. The van der Waals surface area contributed by atoms with E-state index in [2.05, 4.69) is 6.58 Å². The second kappa shape index (κ2) is 7.89. The van der Waals surface area contributed by atoms with Crippen LogP contribution in [0.5, 0.6) is 5.75 Å². The van der Waals surface area contributed by atoms with Crippen molar-refractivity contribution >= 4 is 18.2 Å². The highest BCUT2D eigenvalue weighted by Gasteiger charge is 2.09. The van der Waals surface area contributed by atoms with Gasteiger partial charge in [0.25, 0.3) is 0 Å². The summed E-state index contributed by atoms with van der Waals surface area (Å²) in [6, 6.07) is 6.46. The normalized spacial score (nSPS) is 9.80. The number of carboxylic acid groups (broad SMARTS) is 1. The number of hydrogen-bond acceptors (Lipinski definition) is 4. The Kier molecular flexibility index (Phi) is 6.16. The minimum atomic E-state index is -1.02. The number of carbonyl (C=O) groups is 3. The van der Waals surface area contributed by atoms with Crippen LogP contribution in [0.4, 0.5) is 0 Å². The van der Waals surface area contributed by atoms with E-state index in [0.717, 1.165) is 0 Å². The van der Waals surface area contributed by atoms with Crippen molar-refractivity contribution in [3.8, 4) is 5.75 Å². The molecule has 0 radical (unpaired) electrons. The topological polar surface area (TPSA) is 80.7 Å². The first-order valence-corrected chi connectivity index (χ1v) is 6.20. The van der Waals surface area contributed by atoms with E-state index in [-0.39, 0.29) is 17.7 Å². The van der Waals surface area contributed by atoms with Crippen LogP contribution < -0.4 is 4.74 Å². The minimum Gasteiger partial charge on any atom is -0.478 e. The van der Waals surface area contributed by atoms with E-state index >= 15 is 0 Å². The highest BCUT2D eigenvalue weighted by molar-refractivity contribution is 5.85. The molecule has 0 aliphatic carbocycles. The largest absolute Gasteiger partial charge is 0.478 e. The highest BCUT2D eigenvalue weighted by atomic mass is 16.5. The van der Waals surface area contributed by atoms with Crippen LogP contribution in [0.1, 0.15) is 36.0 Å². The van der Waals surface area contributed by atoms with Crippen molar-refractivity contribution in [2.75, 3.05) is 0 Å². The first kappa shape index (κ1) is 15.6. The van der Waals surface area contributed by atoms with Crippen molar-refractivity contribution in [3.05, 3.63) is 42.0 Å². The molecule has 0 saturated carbocycles. The van der Waals surface area contributed by atoms with Gasteiger partial charge in [0.1, 0.15) is 5.75 Å². The van der Waals surface area contributed by atoms with Gasteiger partial charge < -0.3 is 9.84 Å². The van der Waals surface area contributed by atoms with Gasteiger partial charge in [-0.3, -0.25) is 9.59 Å². The van der Waals surface area contributed by atoms with Crippen LogP contribution in [-0.2, 0) is 9.59 Å². The van der Waals surface area contributed by atoms with Gasteiger partial charge in [-0.2, -0.15) is 0 Å². The monoisotopic (exact) mass is 276 g/mol. The number of benzene rings is 1. The van der Waals surface area contributed by atoms with Gasteiger partial charge in [0, 0.05) is 12.0 Å². The molecule has 5 nitrogen and oxygen atoms in total. The van der Waals surface area contributed by atoms with Crippen molar-refractivity contribution in [2.24, 2.45) is 0 Å². The highest BCUT2D eigenvalue weighted by Crippen LogP contribution is 2.17. The van der Waals surface area contributed by atoms with Gasteiger partial charge in [-0.05, 0) is 31.4 Å². The van der Waals surface area contributed by atoms with Gasteiger partial charge in [-0.1, -0.05) is 18.7 Å². The summed E-state index contributed by atoms with van der Waals surface area (Å²) >= 11 is 0. The number of ether oxygens (including phenoxy) is 1. The SMILES string of the molecule is C=C(CCCCC(=O)Oc1ccccc1C=O)C(=O)O. The molecular formula is C15H16O5. The quantitative estimate of drug-likeness (QED) is 0.259. The van der Waals surface area contributed by atoms with E-state index < -0.39 is 11.9 Å². The molecule has 0 bridgehead atoms. The third-order valence-electron chi connectivity index (χ3n) is 2.68. The van der Waals surface area contributed by atoms with E-state index in [0.29, 0.717) is 31.1 Å². The second-order valence-corrected chi connectivity index (χ2v) is 4.25. The summed E-state index contributed by atoms with van der Waals surface area (Å²) in [6.07, 6.45) is 2.19. The lowest BCUT2D eigenvalue weighted by molar-refractivity contribution is -0.134. The Labute approximate surface area is 116 Å². The van der Waals surface area contributed by atoms with Crippen molar-refractivity contribution in [1.29, 1.82) is 0 Å². The Bertz CT molecular complexity index is 519. The zero-order chi connectivity index (χ0) is 15.0. The standard InChI is InChI=1S/C15H16O5/c1-11(15(18)19)6-2-5-9-14(17)20-13-8-4-3-7-12(13)10-16/h3-4,7-8,10H,1-2,5-6,9H2,(H,18,19). The number of aliphatic carboxylic acids is 1. The zero-order valence-electron chi connectivity index (χ0n) is 11.0. The molecule has 0 saturated heterocycles. The summed E-state index contributed by atoms with van der Waals surface area (Å²) < 4.78 is 5.08. The summed E-state index contributed by atoms with van der Waals surface area (Å²) in [5.74, 6) is -1.23. The van der Waals surface area contributed by atoms with Gasteiger partial charge >= 0.3 is 11.9 Å².